The lowest BCUT2D eigenvalue weighted by Crippen LogP contribution is -2.47. The highest BCUT2D eigenvalue weighted by molar-refractivity contribution is 7.12. The molecule has 126 valence electrons. The van der Waals surface area contributed by atoms with Crippen molar-refractivity contribution in [3.8, 4) is 0 Å². The second-order valence-electron chi connectivity index (χ2n) is 5.96. The maximum Gasteiger partial charge on any atom is 0.308 e. The van der Waals surface area contributed by atoms with Crippen LogP contribution in [0.4, 0.5) is 0 Å². The Kier molecular flexibility index (Phi) is 5.76. The number of carbonyl (C=O) groups is 3. The fraction of sp³-hybridized carbons (Fsp3) is 0.562. The molecule has 1 atom stereocenters. The van der Waals surface area contributed by atoms with Crippen LogP contribution in [0.25, 0.3) is 0 Å². The summed E-state index contributed by atoms with van der Waals surface area (Å²) in [7, 11) is 1.61. The molecule has 1 aromatic rings. The number of hydrogen-bond acceptors (Lipinski definition) is 4. The van der Waals surface area contributed by atoms with Crippen molar-refractivity contribution in [3.05, 3.63) is 21.9 Å². The van der Waals surface area contributed by atoms with Gasteiger partial charge in [-0.1, -0.05) is 0 Å². The number of amides is 2. The molecule has 0 radical (unpaired) electrons. The molecule has 1 aromatic heterocycles. The number of aryl methyl sites for hydroxylation is 1. The van der Waals surface area contributed by atoms with Gasteiger partial charge in [0.2, 0.25) is 11.8 Å². The van der Waals surface area contributed by atoms with Crippen LogP contribution in [-0.4, -0.2) is 59.4 Å². The maximum atomic E-state index is 12.3. The third-order valence-electron chi connectivity index (χ3n) is 4.04. The Morgan fingerprint density at radius 3 is 2.74 bits per heavy atom. The van der Waals surface area contributed by atoms with E-state index in [9.17, 15) is 14.4 Å². The van der Waals surface area contributed by atoms with E-state index >= 15 is 0 Å². The summed E-state index contributed by atoms with van der Waals surface area (Å²) in [5, 5.41) is 9.07. The number of likely N-dealkylation sites (tertiary alicyclic amines) is 1. The molecule has 1 N–H and O–H groups in total. The molecule has 0 spiro atoms. The molecule has 1 aliphatic rings. The van der Waals surface area contributed by atoms with Gasteiger partial charge in [-0.3, -0.25) is 14.4 Å². The Hall–Kier alpha value is -1.89. The highest BCUT2D eigenvalue weighted by Crippen LogP contribution is 2.18. The van der Waals surface area contributed by atoms with Gasteiger partial charge in [0.25, 0.3) is 0 Å². The van der Waals surface area contributed by atoms with Crippen LogP contribution in [0.3, 0.4) is 0 Å². The van der Waals surface area contributed by atoms with Gasteiger partial charge in [0, 0.05) is 29.9 Å². The van der Waals surface area contributed by atoms with E-state index in [1.54, 1.807) is 23.3 Å². The summed E-state index contributed by atoms with van der Waals surface area (Å²) >= 11 is 1.58. The third-order valence-corrected chi connectivity index (χ3v) is 5.04. The lowest BCUT2D eigenvalue weighted by atomic mass is 9.98. The number of carbonyl (C=O) groups excluding carboxylic acids is 2. The first-order valence-electron chi connectivity index (χ1n) is 7.66. The molecule has 23 heavy (non-hydrogen) atoms. The average molecular weight is 338 g/mol. The molecule has 6 nitrogen and oxygen atoms in total. The van der Waals surface area contributed by atoms with E-state index in [-0.39, 0.29) is 24.9 Å². The smallest absolute Gasteiger partial charge is 0.308 e. The zero-order valence-electron chi connectivity index (χ0n) is 13.4. The van der Waals surface area contributed by atoms with E-state index in [2.05, 4.69) is 0 Å². The topological polar surface area (TPSA) is 77.9 Å². The predicted molar refractivity (Wildman–Crippen MR) is 87.3 cm³/mol. The molecule has 2 heterocycles. The molecule has 0 aliphatic carbocycles. The standard InChI is InChI=1S/C16H22N2O4S/c1-11-5-6-13(23-11)8-14(19)17(2)10-15(20)18-7-3-4-12(9-18)16(21)22/h5-6,12H,3-4,7-10H2,1-2H3,(H,21,22). The monoisotopic (exact) mass is 338 g/mol. The number of thiophene rings is 1. The van der Waals surface area contributed by atoms with E-state index in [0.29, 0.717) is 25.8 Å². The number of hydrogen-bond donors (Lipinski definition) is 1. The largest absolute Gasteiger partial charge is 0.481 e. The summed E-state index contributed by atoms with van der Waals surface area (Å²) in [4.78, 5) is 40.6. The van der Waals surface area contributed by atoms with Crippen molar-refractivity contribution in [2.45, 2.75) is 26.2 Å². The minimum Gasteiger partial charge on any atom is -0.481 e. The van der Waals surface area contributed by atoms with Gasteiger partial charge in [0.1, 0.15) is 0 Å². The van der Waals surface area contributed by atoms with E-state index in [4.69, 9.17) is 5.11 Å². The minimum atomic E-state index is -0.861. The Labute approximate surface area is 139 Å². The molecule has 1 aliphatic heterocycles. The summed E-state index contributed by atoms with van der Waals surface area (Å²) < 4.78 is 0. The molecule has 0 saturated carbocycles. The quantitative estimate of drug-likeness (QED) is 0.880. The molecular formula is C16H22N2O4S. The Balaban J connectivity index is 1.86. The molecule has 0 bridgehead atoms. The second-order valence-corrected chi connectivity index (χ2v) is 7.33. The van der Waals surface area contributed by atoms with E-state index in [1.807, 2.05) is 19.1 Å². The number of nitrogens with zero attached hydrogens (tertiary/aromatic N) is 2. The van der Waals surface area contributed by atoms with Crippen molar-refractivity contribution >= 4 is 29.1 Å². The zero-order chi connectivity index (χ0) is 17.0. The van der Waals surface area contributed by atoms with E-state index in [1.165, 1.54) is 4.90 Å². The number of carboxylic acids is 1. The van der Waals surface area contributed by atoms with Crippen LogP contribution in [0.5, 0.6) is 0 Å². The van der Waals surface area contributed by atoms with Gasteiger partial charge in [-0.05, 0) is 31.9 Å². The zero-order valence-corrected chi connectivity index (χ0v) is 14.3. The van der Waals surface area contributed by atoms with Crippen molar-refractivity contribution in [2.75, 3.05) is 26.7 Å². The Morgan fingerprint density at radius 2 is 2.13 bits per heavy atom. The van der Waals surface area contributed by atoms with Crippen molar-refractivity contribution < 1.29 is 19.5 Å². The third kappa shape index (κ3) is 4.79. The molecule has 1 unspecified atom stereocenters. The van der Waals surface area contributed by atoms with E-state index < -0.39 is 11.9 Å². The van der Waals surface area contributed by atoms with Gasteiger partial charge < -0.3 is 14.9 Å². The lowest BCUT2D eigenvalue weighted by molar-refractivity contribution is -0.147. The summed E-state index contributed by atoms with van der Waals surface area (Å²) in [6, 6.07) is 3.90. The van der Waals surface area contributed by atoms with Crippen molar-refractivity contribution in [3.63, 3.8) is 0 Å². The predicted octanol–water partition coefficient (Wildman–Crippen LogP) is 1.38. The summed E-state index contributed by atoms with van der Waals surface area (Å²) in [6.07, 6.45) is 1.58. The summed E-state index contributed by atoms with van der Waals surface area (Å²) in [5.41, 5.74) is 0. The van der Waals surface area contributed by atoms with Crippen molar-refractivity contribution in [1.82, 2.24) is 9.80 Å². The average Bonchev–Trinajstić information content (AvgIpc) is 2.92. The first-order chi connectivity index (χ1) is 10.9. The number of carboxylic acid groups (broad SMARTS) is 1. The number of likely N-dealkylation sites (N-methyl/N-ethyl adjacent to an activating group) is 1. The minimum absolute atomic E-state index is 0.00443. The van der Waals surface area contributed by atoms with Crippen LogP contribution in [0, 0.1) is 12.8 Å². The molecule has 2 rings (SSSR count). The van der Waals surface area contributed by atoms with Gasteiger partial charge >= 0.3 is 5.97 Å². The van der Waals surface area contributed by atoms with Gasteiger partial charge in [-0.25, -0.2) is 0 Å². The number of rotatable bonds is 5. The number of piperidine rings is 1. The van der Waals surface area contributed by atoms with Crippen LogP contribution >= 0.6 is 11.3 Å². The molecule has 2 amide bonds. The van der Waals surface area contributed by atoms with Gasteiger partial charge in [0.05, 0.1) is 18.9 Å². The SMILES string of the molecule is Cc1ccc(CC(=O)N(C)CC(=O)N2CCCC(C(=O)O)C2)s1. The Morgan fingerprint density at radius 1 is 1.39 bits per heavy atom. The van der Waals surface area contributed by atoms with Crippen molar-refractivity contribution in [1.29, 1.82) is 0 Å². The van der Waals surface area contributed by atoms with Crippen LogP contribution in [-0.2, 0) is 20.8 Å². The van der Waals surface area contributed by atoms with E-state index in [0.717, 1.165) is 9.75 Å². The van der Waals surface area contributed by atoms with Gasteiger partial charge in [-0.15, -0.1) is 11.3 Å². The molecule has 1 saturated heterocycles. The number of aliphatic carboxylic acids is 1. The van der Waals surface area contributed by atoms with Crippen LogP contribution in [0.15, 0.2) is 12.1 Å². The normalized spacial score (nSPS) is 17.8. The highest BCUT2D eigenvalue weighted by Gasteiger charge is 2.28. The lowest BCUT2D eigenvalue weighted by Gasteiger charge is -2.32. The first-order valence-corrected chi connectivity index (χ1v) is 8.48. The first kappa shape index (κ1) is 17.5. The summed E-state index contributed by atoms with van der Waals surface area (Å²) in [5.74, 6) is -1.65. The maximum absolute atomic E-state index is 12.3. The molecule has 7 heteroatoms. The highest BCUT2D eigenvalue weighted by atomic mass is 32.1. The van der Waals surface area contributed by atoms with Gasteiger partial charge in [0.15, 0.2) is 0 Å². The van der Waals surface area contributed by atoms with Crippen LogP contribution in [0.2, 0.25) is 0 Å². The van der Waals surface area contributed by atoms with Crippen LogP contribution in [0.1, 0.15) is 22.6 Å². The van der Waals surface area contributed by atoms with Gasteiger partial charge in [-0.2, -0.15) is 0 Å². The second kappa shape index (κ2) is 7.59. The van der Waals surface area contributed by atoms with Crippen LogP contribution < -0.4 is 0 Å². The Bertz CT molecular complexity index is 599. The molecular weight excluding hydrogens is 316 g/mol. The summed E-state index contributed by atoms with van der Waals surface area (Å²) in [6.45, 7) is 2.78. The fourth-order valence-electron chi connectivity index (χ4n) is 2.66. The molecule has 1 fully saturated rings. The fourth-order valence-corrected chi connectivity index (χ4v) is 3.54. The van der Waals surface area contributed by atoms with Crippen molar-refractivity contribution in [2.24, 2.45) is 5.92 Å². The molecule has 0 aromatic carbocycles.